The Hall–Kier alpha value is -2.75. The van der Waals surface area contributed by atoms with Crippen LogP contribution in [0.3, 0.4) is 0 Å². The molecule has 0 aliphatic carbocycles. The van der Waals surface area contributed by atoms with Crippen LogP contribution in [0.1, 0.15) is 20.7 Å². The third-order valence-corrected chi connectivity index (χ3v) is 6.69. The molecule has 2 aromatic rings. The predicted molar refractivity (Wildman–Crippen MR) is 100 cm³/mol. The number of amides is 2. The lowest BCUT2D eigenvalue weighted by Crippen LogP contribution is -2.40. The Morgan fingerprint density at radius 3 is 2.14 bits per heavy atom. The van der Waals surface area contributed by atoms with Gasteiger partial charge in [-0.25, -0.2) is 13.3 Å². The normalized spacial score (nSPS) is 17.7. The van der Waals surface area contributed by atoms with Gasteiger partial charge in [0.1, 0.15) is 5.75 Å². The van der Waals surface area contributed by atoms with Crippen LogP contribution >= 0.6 is 0 Å². The van der Waals surface area contributed by atoms with E-state index in [4.69, 9.17) is 9.47 Å². The molecule has 4 rings (SSSR count). The van der Waals surface area contributed by atoms with Gasteiger partial charge in [0.25, 0.3) is 11.8 Å². The summed E-state index contributed by atoms with van der Waals surface area (Å²) in [4.78, 5) is 26.6. The summed E-state index contributed by atoms with van der Waals surface area (Å²) in [6, 6.07) is 10.6. The van der Waals surface area contributed by atoms with Gasteiger partial charge in [-0.2, -0.15) is 4.31 Å². The SMILES string of the molecule is COc1ccc(S(=O)(=O)N2CCOCC2)cc1N1C(=O)c2ccccc2C1=O. The highest BCUT2D eigenvalue weighted by molar-refractivity contribution is 7.89. The quantitative estimate of drug-likeness (QED) is 0.720. The van der Waals surface area contributed by atoms with Crippen LogP contribution in [-0.4, -0.2) is 58.0 Å². The van der Waals surface area contributed by atoms with Gasteiger partial charge in [0, 0.05) is 13.1 Å². The largest absolute Gasteiger partial charge is 0.495 e. The Morgan fingerprint density at radius 2 is 1.57 bits per heavy atom. The Morgan fingerprint density at radius 1 is 0.964 bits per heavy atom. The first kappa shape index (κ1) is 18.6. The molecule has 0 N–H and O–H groups in total. The topological polar surface area (TPSA) is 93.2 Å². The highest BCUT2D eigenvalue weighted by Crippen LogP contribution is 2.37. The summed E-state index contributed by atoms with van der Waals surface area (Å²) in [5.41, 5.74) is 0.648. The maximum atomic E-state index is 13.0. The van der Waals surface area contributed by atoms with Crippen molar-refractivity contribution < 1.29 is 27.5 Å². The molecule has 8 nitrogen and oxygen atoms in total. The van der Waals surface area contributed by atoms with Gasteiger partial charge in [-0.1, -0.05) is 12.1 Å². The van der Waals surface area contributed by atoms with Crippen molar-refractivity contribution in [2.24, 2.45) is 0 Å². The van der Waals surface area contributed by atoms with E-state index in [9.17, 15) is 18.0 Å². The predicted octanol–water partition coefficient (Wildman–Crippen LogP) is 1.52. The number of fused-ring (bicyclic) bond motifs is 1. The second-order valence-corrected chi connectivity index (χ2v) is 8.28. The number of anilines is 1. The van der Waals surface area contributed by atoms with E-state index in [-0.39, 0.29) is 40.5 Å². The number of carbonyl (C=O) groups is 2. The summed E-state index contributed by atoms with van der Waals surface area (Å²) >= 11 is 0. The molecular weight excluding hydrogens is 384 g/mol. The van der Waals surface area contributed by atoms with Crippen LogP contribution in [0.5, 0.6) is 5.75 Å². The minimum absolute atomic E-state index is 0.0123. The average Bonchev–Trinajstić information content (AvgIpc) is 2.98. The zero-order chi connectivity index (χ0) is 19.9. The maximum absolute atomic E-state index is 13.0. The summed E-state index contributed by atoms with van der Waals surface area (Å²) in [5.74, 6) is -0.796. The molecule has 1 saturated heterocycles. The van der Waals surface area contributed by atoms with Gasteiger partial charge in [-0.15, -0.1) is 0 Å². The van der Waals surface area contributed by atoms with E-state index in [0.717, 1.165) is 4.90 Å². The highest BCUT2D eigenvalue weighted by Gasteiger charge is 2.38. The third kappa shape index (κ3) is 2.88. The Labute approximate surface area is 162 Å². The van der Waals surface area contributed by atoms with Crippen molar-refractivity contribution in [1.29, 1.82) is 0 Å². The smallest absolute Gasteiger partial charge is 0.266 e. The lowest BCUT2D eigenvalue weighted by atomic mass is 10.1. The number of hydrogen-bond acceptors (Lipinski definition) is 6. The summed E-state index contributed by atoms with van der Waals surface area (Å²) in [6.07, 6.45) is 0. The summed E-state index contributed by atoms with van der Waals surface area (Å²) in [6.45, 7) is 1.13. The number of nitrogens with zero attached hydrogens (tertiary/aromatic N) is 2. The second-order valence-electron chi connectivity index (χ2n) is 6.34. The number of hydrogen-bond donors (Lipinski definition) is 0. The van der Waals surface area contributed by atoms with Crippen LogP contribution in [0.15, 0.2) is 47.4 Å². The molecule has 9 heteroatoms. The van der Waals surface area contributed by atoms with Gasteiger partial charge >= 0.3 is 0 Å². The van der Waals surface area contributed by atoms with E-state index in [2.05, 4.69) is 0 Å². The van der Waals surface area contributed by atoms with Crippen molar-refractivity contribution in [3.8, 4) is 5.75 Å². The minimum Gasteiger partial charge on any atom is -0.495 e. The van der Waals surface area contributed by atoms with Crippen LogP contribution in [0.2, 0.25) is 0 Å². The van der Waals surface area contributed by atoms with Gasteiger partial charge in [0.2, 0.25) is 10.0 Å². The molecule has 2 aliphatic rings. The standard InChI is InChI=1S/C19H18N2O6S/c1-26-17-7-6-13(28(24,25)20-8-10-27-11-9-20)12-16(17)21-18(22)14-4-2-3-5-15(14)19(21)23/h2-7,12H,8-11H2,1H3. The number of methoxy groups -OCH3 is 1. The molecule has 2 aromatic carbocycles. The molecular formula is C19H18N2O6S. The molecule has 0 spiro atoms. The van der Waals surface area contributed by atoms with Crippen molar-refractivity contribution >= 4 is 27.5 Å². The van der Waals surface area contributed by atoms with Gasteiger partial charge in [-0.3, -0.25) is 9.59 Å². The summed E-state index contributed by atoms with van der Waals surface area (Å²) < 4.78 is 37.8. The number of sulfonamides is 1. The molecule has 146 valence electrons. The zero-order valence-electron chi connectivity index (χ0n) is 15.1. The Bertz CT molecular complexity index is 1020. The van der Waals surface area contributed by atoms with Gasteiger partial charge in [-0.05, 0) is 30.3 Å². The summed E-state index contributed by atoms with van der Waals surface area (Å²) in [5, 5.41) is 0. The van der Waals surface area contributed by atoms with Crippen LogP contribution in [0.25, 0.3) is 0 Å². The van der Waals surface area contributed by atoms with Gasteiger partial charge in [0.15, 0.2) is 0 Å². The van der Waals surface area contributed by atoms with Gasteiger partial charge < -0.3 is 9.47 Å². The first-order chi connectivity index (χ1) is 13.4. The molecule has 1 fully saturated rings. The molecule has 0 saturated carbocycles. The molecule has 2 aliphatic heterocycles. The fourth-order valence-corrected chi connectivity index (χ4v) is 4.78. The maximum Gasteiger partial charge on any atom is 0.266 e. The van der Waals surface area contributed by atoms with E-state index < -0.39 is 21.8 Å². The number of morpholine rings is 1. The Balaban J connectivity index is 1.79. The lowest BCUT2D eigenvalue weighted by molar-refractivity contribution is 0.0730. The molecule has 0 aromatic heterocycles. The van der Waals surface area contributed by atoms with E-state index in [0.29, 0.717) is 13.2 Å². The molecule has 2 heterocycles. The van der Waals surface area contributed by atoms with Crippen LogP contribution in [0.4, 0.5) is 5.69 Å². The van der Waals surface area contributed by atoms with Crippen molar-refractivity contribution in [2.75, 3.05) is 38.3 Å². The van der Waals surface area contributed by atoms with E-state index in [1.165, 1.54) is 29.6 Å². The van der Waals surface area contributed by atoms with Crippen molar-refractivity contribution in [3.05, 3.63) is 53.6 Å². The fraction of sp³-hybridized carbons (Fsp3) is 0.263. The Kier molecular flexibility index (Phi) is 4.66. The van der Waals surface area contributed by atoms with Crippen LogP contribution in [0, 0.1) is 0 Å². The molecule has 0 radical (unpaired) electrons. The van der Waals surface area contributed by atoms with Gasteiger partial charge in [0.05, 0.1) is 42.0 Å². The number of ether oxygens (including phenoxy) is 2. The number of imide groups is 1. The molecule has 0 unspecified atom stereocenters. The minimum atomic E-state index is -3.79. The van der Waals surface area contributed by atoms with E-state index in [1.54, 1.807) is 24.3 Å². The molecule has 0 atom stereocenters. The monoisotopic (exact) mass is 402 g/mol. The summed E-state index contributed by atoms with van der Waals surface area (Å²) in [7, 11) is -2.40. The third-order valence-electron chi connectivity index (χ3n) is 4.79. The molecule has 28 heavy (non-hydrogen) atoms. The van der Waals surface area contributed by atoms with Crippen LogP contribution < -0.4 is 9.64 Å². The van der Waals surface area contributed by atoms with E-state index >= 15 is 0 Å². The number of carbonyl (C=O) groups excluding carboxylic acids is 2. The van der Waals surface area contributed by atoms with Crippen molar-refractivity contribution in [2.45, 2.75) is 4.90 Å². The lowest BCUT2D eigenvalue weighted by Gasteiger charge is -2.26. The average molecular weight is 402 g/mol. The molecule has 0 bridgehead atoms. The first-order valence-corrected chi connectivity index (χ1v) is 10.1. The van der Waals surface area contributed by atoms with Crippen LogP contribution in [-0.2, 0) is 14.8 Å². The fourth-order valence-electron chi connectivity index (χ4n) is 3.35. The number of benzene rings is 2. The molecule has 2 amide bonds. The van der Waals surface area contributed by atoms with Crippen molar-refractivity contribution in [1.82, 2.24) is 4.31 Å². The van der Waals surface area contributed by atoms with Crippen molar-refractivity contribution in [3.63, 3.8) is 0 Å². The van der Waals surface area contributed by atoms with E-state index in [1.807, 2.05) is 0 Å². The second kappa shape index (κ2) is 7.01. The first-order valence-electron chi connectivity index (χ1n) is 8.69. The highest BCUT2D eigenvalue weighted by atomic mass is 32.2. The number of rotatable bonds is 4. The zero-order valence-corrected chi connectivity index (χ0v) is 15.9.